The average Bonchev–Trinajstić information content (AvgIpc) is 2.98. The maximum atomic E-state index is 12.5. The zero-order valence-electron chi connectivity index (χ0n) is 9.87. The van der Waals surface area contributed by atoms with E-state index >= 15 is 0 Å². The number of carbonyl (C=O) groups excluding carboxylic acids is 1. The van der Waals surface area contributed by atoms with Crippen molar-refractivity contribution in [1.29, 1.82) is 0 Å². The largest absolute Gasteiger partial charge is 0.406 e. The van der Waals surface area contributed by atoms with Crippen LogP contribution in [0.15, 0.2) is 12.4 Å². The number of aromatic amines is 1. The first-order valence-corrected chi connectivity index (χ1v) is 5.75. The van der Waals surface area contributed by atoms with Crippen LogP contribution in [0.1, 0.15) is 30.1 Å². The van der Waals surface area contributed by atoms with Gasteiger partial charge < -0.3 is 4.90 Å². The molecule has 0 saturated heterocycles. The van der Waals surface area contributed by atoms with Crippen LogP contribution in [0.3, 0.4) is 0 Å². The summed E-state index contributed by atoms with van der Waals surface area (Å²) in [6.07, 6.45) is -0.0679. The lowest BCUT2D eigenvalue weighted by Crippen LogP contribution is -2.45. The van der Waals surface area contributed by atoms with Crippen LogP contribution in [0.4, 0.5) is 13.2 Å². The van der Waals surface area contributed by atoms with Crippen LogP contribution in [-0.4, -0.2) is 39.8 Å². The summed E-state index contributed by atoms with van der Waals surface area (Å²) in [6.45, 7) is 0.454. The van der Waals surface area contributed by atoms with Crippen LogP contribution in [0.25, 0.3) is 0 Å². The number of halogens is 3. The molecule has 1 N–H and O–H groups in total. The number of alkyl halides is 3. The Kier molecular flexibility index (Phi) is 3.32. The third-order valence-corrected chi connectivity index (χ3v) is 3.15. The topological polar surface area (TPSA) is 49.0 Å². The Balaban J connectivity index is 2.15. The lowest BCUT2D eigenvalue weighted by molar-refractivity contribution is -0.144. The van der Waals surface area contributed by atoms with Crippen molar-refractivity contribution in [2.75, 3.05) is 6.54 Å². The van der Waals surface area contributed by atoms with Gasteiger partial charge in [0.05, 0.1) is 11.8 Å². The molecule has 1 heterocycles. The quantitative estimate of drug-likeness (QED) is 0.903. The van der Waals surface area contributed by atoms with Crippen LogP contribution < -0.4 is 0 Å². The highest BCUT2D eigenvalue weighted by Gasteiger charge is 2.40. The molecule has 1 atom stereocenters. The van der Waals surface area contributed by atoms with Gasteiger partial charge in [-0.15, -0.1) is 0 Å². The number of H-pyrrole nitrogens is 1. The third kappa shape index (κ3) is 3.02. The van der Waals surface area contributed by atoms with E-state index in [-0.39, 0.29) is 11.5 Å². The molecular weight excluding hydrogens is 247 g/mol. The van der Waals surface area contributed by atoms with E-state index < -0.39 is 24.7 Å². The fourth-order valence-corrected chi connectivity index (χ4v) is 1.96. The van der Waals surface area contributed by atoms with Crippen molar-refractivity contribution in [3.05, 3.63) is 18.0 Å². The molecule has 1 aromatic rings. The fraction of sp³-hybridized carbons (Fsp3) is 0.636. The molecule has 18 heavy (non-hydrogen) atoms. The highest BCUT2D eigenvalue weighted by Crippen LogP contribution is 2.36. The van der Waals surface area contributed by atoms with Gasteiger partial charge in [-0.05, 0) is 25.7 Å². The molecule has 4 nitrogen and oxygen atoms in total. The summed E-state index contributed by atoms with van der Waals surface area (Å²) in [4.78, 5) is 12.9. The average molecular weight is 261 g/mol. The highest BCUT2D eigenvalue weighted by atomic mass is 19.4. The Morgan fingerprint density at radius 1 is 1.61 bits per heavy atom. The number of hydrogen-bond donors (Lipinski definition) is 1. The molecule has 1 amide bonds. The molecule has 2 rings (SSSR count). The number of nitrogens with one attached hydrogen (secondary N) is 1. The molecule has 100 valence electrons. The highest BCUT2D eigenvalue weighted by molar-refractivity contribution is 5.94. The SMILES string of the molecule is CC(C1CC1)N(CC(F)(F)F)C(=O)c1cn[nH]c1. The predicted octanol–water partition coefficient (Wildman–Crippen LogP) is 2.21. The Morgan fingerprint density at radius 2 is 2.28 bits per heavy atom. The molecule has 0 aromatic carbocycles. The van der Waals surface area contributed by atoms with Gasteiger partial charge in [0.1, 0.15) is 6.54 Å². The van der Waals surface area contributed by atoms with Crippen molar-refractivity contribution in [1.82, 2.24) is 15.1 Å². The van der Waals surface area contributed by atoms with Crippen LogP contribution in [0.5, 0.6) is 0 Å². The second kappa shape index (κ2) is 4.62. The molecule has 1 aromatic heterocycles. The van der Waals surface area contributed by atoms with Gasteiger partial charge in [0.15, 0.2) is 0 Å². The predicted molar refractivity (Wildman–Crippen MR) is 57.9 cm³/mol. The van der Waals surface area contributed by atoms with Gasteiger partial charge in [-0.2, -0.15) is 18.3 Å². The molecule has 1 unspecified atom stereocenters. The van der Waals surface area contributed by atoms with Gasteiger partial charge >= 0.3 is 6.18 Å². The lowest BCUT2D eigenvalue weighted by atomic mass is 10.1. The minimum atomic E-state index is -4.39. The lowest BCUT2D eigenvalue weighted by Gasteiger charge is -2.29. The van der Waals surface area contributed by atoms with Crippen molar-refractivity contribution in [3.63, 3.8) is 0 Å². The molecule has 1 saturated carbocycles. The monoisotopic (exact) mass is 261 g/mol. The van der Waals surface area contributed by atoms with Gasteiger partial charge in [0.2, 0.25) is 0 Å². The molecule has 1 fully saturated rings. The van der Waals surface area contributed by atoms with Crippen LogP contribution in [0.2, 0.25) is 0 Å². The fourth-order valence-electron chi connectivity index (χ4n) is 1.96. The summed E-state index contributed by atoms with van der Waals surface area (Å²) >= 11 is 0. The van der Waals surface area contributed by atoms with E-state index in [1.54, 1.807) is 6.92 Å². The number of aromatic nitrogens is 2. The Labute approximate surface area is 102 Å². The van der Waals surface area contributed by atoms with Gasteiger partial charge in [-0.25, -0.2) is 0 Å². The minimum absolute atomic E-state index is 0.159. The first-order valence-electron chi connectivity index (χ1n) is 5.75. The number of rotatable bonds is 4. The summed E-state index contributed by atoms with van der Waals surface area (Å²) in [7, 11) is 0. The molecule has 1 aliphatic carbocycles. The summed E-state index contributed by atoms with van der Waals surface area (Å²) in [5.41, 5.74) is 0.159. The smallest absolute Gasteiger partial charge is 0.326 e. The first kappa shape index (κ1) is 12.9. The summed E-state index contributed by atoms with van der Waals surface area (Å²) in [5.74, 6) is -0.441. The normalized spacial score (nSPS) is 17.6. The van der Waals surface area contributed by atoms with Crippen LogP contribution in [0, 0.1) is 5.92 Å². The van der Waals surface area contributed by atoms with Crippen molar-refractivity contribution < 1.29 is 18.0 Å². The van der Waals surface area contributed by atoms with E-state index in [1.165, 1.54) is 12.4 Å². The number of hydrogen-bond acceptors (Lipinski definition) is 2. The minimum Gasteiger partial charge on any atom is -0.326 e. The van der Waals surface area contributed by atoms with E-state index in [4.69, 9.17) is 0 Å². The summed E-state index contributed by atoms with van der Waals surface area (Å²) in [6, 6.07) is -0.394. The van der Waals surface area contributed by atoms with E-state index in [2.05, 4.69) is 10.2 Å². The number of carbonyl (C=O) groups is 1. The standard InChI is InChI=1S/C11H14F3N3O/c1-7(8-2-3-8)17(6-11(12,13)14)10(18)9-4-15-16-5-9/h4-5,7-8H,2-3,6H2,1H3,(H,15,16). The maximum absolute atomic E-state index is 12.5. The summed E-state index contributed by atoms with van der Waals surface area (Å²) in [5, 5.41) is 6.02. The second-order valence-electron chi connectivity index (χ2n) is 4.61. The van der Waals surface area contributed by atoms with Gasteiger partial charge in [0, 0.05) is 12.2 Å². The van der Waals surface area contributed by atoms with E-state index in [1.807, 2.05) is 0 Å². The van der Waals surface area contributed by atoms with Gasteiger partial charge in [-0.3, -0.25) is 9.89 Å². The number of amides is 1. The zero-order valence-corrected chi connectivity index (χ0v) is 9.87. The first-order chi connectivity index (χ1) is 8.38. The second-order valence-corrected chi connectivity index (χ2v) is 4.61. The van der Waals surface area contributed by atoms with Crippen molar-refractivity contribution in [3.8, 4) is 0 Å². The van der Waals surface area contributed by atoms with E-state index in [0.29, 0.717) is 0 Å². The van der Waals surface area contributed by atoms with Crippen LogP contribution in [-0.2, 0) is 0 Å². The maximum Gasteiger partial charge on any atom is 0.406 e. The Morgan fingerprint density at radius 3 is 2.72 bits per heavy atom. The van der Waals surface area contributed by atoms with Crippen molar-refractivity contribution in [2.45, 2.75) is 32.0 Å². The molecular formula is C11H14F3N3O. The van der Waals surface area contributed by atoms with Gasteiger partial charge in [0.25, 0.3) is 5.91 Å². The summed E-state index contributed by atoms with van der Waals surface area (Å²) < 4.78 is 37.6. The zero-order chi connectivity index (χ0) is 13.3. The number of nitrogens with zero attached hydrogens (tertiary/aromatic N) is 2. The molecule has 0 bridgehead atoms. The van der Waals surface area contributed by atoms with Crippen LogP contribution >= 0.6 is 0 Å². The molecule has 0 radical (unpaired) electrons. The molecule has 0 aliphatic heterocycles. The molecule has 7 heteroatoms. The third-order valence-electron chi connectivity index (χ3n) is 3.15. The Bertz CT molecular complexity index is 412. The van der Waals surface area contributed by atoms with E-state index in [9.17, 15) is 18.0 Å². The van der Waals surface area contributed by atoms with Crippen molar-refractivity contribution >= 4 is 5.91 Å². The molecule has 1 aliphatic rings. The van der Waals surface area contributed by atoms with Gasteiger partial charge in [-0.1, -0.05) is 0 Å². The van der Waals surface area contributed by atoms with Crippen molar-refractivity contribution in [2.24, 2.45) is 5.92 Å². The van der Waals surface area contributed by atoms with E-state index in [0.717, 1.165) is 17.7 Å². The molecule has 0 spiro atoms. The Hall–Kier alpha value is -1.53.